The summed E-state index contributed by atoms with van der Waals surface area (Å²) in [6.07, 6.45) is 0. The highest BCUT2D eigenvalue weighted by molar-refractivity contribution is 5.92. The first-order valence-electron chi connectivity index (χ1n) is 6.43. The van der Waals surface area contributed by atoms with Crippen molar-refractivity contribution in [1.29, 1.82) is 0 Å². The molecule has 112 valence electrons. The zero-order chi connectivity index (χ0) is 15.1. The molecule has 0 amide bonds. The molecule has 1 aromatic carbocycles. The molecule has 1 aliphatic heterocycles. The molecule has 1 saturated heterocycles. The Balaban J connectivity index is 2.30. The van der Waals surface area contributed by atoms with Crippen LogP contribution in [0.4, 0.5) is 24.7 Å². The molecule has 1 aromatic heterocycles. The average Bonchev–Trinajstić information content (AvgIpc) is 2.45. The molecular formula is C13H13F3N4O. The summed E-state index contributed by atoms with van der Waals surface area (Å²) >= 11 is 0. The second kappa shape index (κ2) is 5.03. The highest BCUT2D eigenvalue weighted by Gasteiger charge is 2.28. The van der Waals surface area contributed by atoms with E-state index in [1.54, 1.807) is 0 Å². The van der Waals surface area contributed by atoms with Gasteiger partial charge in [-0.1, -0.05) is 0 Å². The molecule has 21 heavy (non-hydrogen) atoms. The Labute approximate surface area is 118 Å². The summed E-state index contributed by atoms with van der Waals surface area (Å²) in [7, 11) is 0. The van der Waals surface area contributed by atoms with Gasteiger partial charge in [0.2, 0.25) is 0 Å². The first kappa shape index (κ1) is 13.9. The van der Waals surface area contributed by atoms with Gasteiger partial charge in [0.15, 0.2) is 17.5 Å². The Morgan fingerprint density at radius 2 is 1.71 bits per heavy atom. The number of anilines is 2. The van der Waals surface area contributed by atoms with Gasteiger partial charge in [-0.2, -0.15) is 0 Å². The third kappa shape index (κ3) is 2.15. The summed E-state index contributed by atoms with van der Waals surface area (Å²) in [4.78, 5) is 9.02. The highest BCUT2D eigenvalue weighted by atomic mass is 19.2. The molecule has 2 N–H and O–H groups in total. The quantitative estimate of drug-likeness (QED) is 0.813. The lowest BCUT2D eigenvalue weighted by Crippen LogP contribution is -2.37. The molecule has 1 aliphatic rings. The van der Waals surface area contributed by atoms with Crippen LogP contribution in [0, 0.1) is 24.4 Å². The number of aromatic nitrogens is 2. The standard InChI is InChI=1S/C13H13F3N4O/c1-6-18-11-7(13(17)19-6)8(14)9(15)12(10(11)16)20-2-4-21-5-3-20/h2-5H2,1H3,(H2,17,18,19). The van der Waals surface area contributed by atoms with Crippen molar-refractivity contribution in [1.82, 2.24) is 9.97 Å². The lowest BCUT2D eigenvalue weighted by molar-refractivity contribution is 0.122. The second-order valence-corrected chi connectivity index (χ2v) is 4.77. The molecule has 0 aliphatic carbocycles. The van der Waals surface area contributed by atoms with Crippen molar-refractivity contribution < 1.29 is 17.9 Å². The van der Waals surface area contributed by atoms with Gasteiger partial charge < -0.3 is 15.4 Å². The van der Waals surface area contributed by atoms with E-state index in [4.69, 9.17) is 10.5 Å². The van der Waals surface area contributed by atoms with Gasteiger partial charge in [-0.05, 0) is 6.92 Å². The van der Waals surface area contributed by atoms with Gasteiger partial charge >= 0.3 is 0 Å². The number of fused-ring (bicyclic) bond motifs is 1. The first-order chi connectivity index (χ1) is 10.0. The van der Waals surface area contributed by atoms with Crippen molar-refractivity contribution >= 4 is 22.4 Å². The Kier molecular flexibility index (Phi) is 3.32. The number of aryl methyl sites for hydroxylation is 1. The lowest BCUT2D eigenvalue weighted by Gasteiger charge is -2.29. The van der Waals surface area contributed by atoms with Gasteiger partial charge in [0.25, 0.3) is 0 Å². The molecule has 5 nitrogen and oxygen atoms in total. The molecule has 2 heterocycles. The van der Waals surface area contributed by atoms with E-state index in [1.807, 2.05) is 0 Å². The summed E-state index contributed by atoms with van der Waals surface area (Å²) < 4.78 is 48.2. The van der Waals surface area contributed by atoms with E-state index in [2.05, 4.69) is 9.97 Å². The summed E-state index contributed by atoms with van der Waals surface area (Å²) in [5.41, 5.74) is 4.83. The Morgan fingerprint density at radius 1 is 1.05 bits per heavy atom. The minimum absolute atomic E-state index is 0.192. The van der Waals surface area contributed by atoms with Crippen LogP contribution in [0.1, 0.15) is 5.82 Å². The van der Waals surface area contributed by atoms with Crippen LogP contribution >= 0.6 is 0 Å². The summed E-state index contributed by atoms with van der Waals surface area (Å²) in [6, 6.07) is 0. The predicted molar refractivity (Wildman–Crippen MR) is 71.6 cm³/mol. The van der Waals surface area contributed by atoms with Gasteiger partial charge in [0, 0.05) is 13.1 Å². The first-order valence-corrected chi connectivity index (χ1v) is 6.43. The van der Waals surface area contributed by atoms with Gasteiger partial charge in [-0.25, -0.2) is 23.1 Å². The Hall–Kier alpha value is -2.09. The van der Waals surface area contributed by atoms with Crippen molar-refractivity contribution in [2.45, 2.75) is 6.92 Å². The van der Waals surface area contributed by atoms with Crippen molar-refractivity contribution in [2.24, 2.45) is 0 Å². The zero-order valence-electron chi connectivity index (χ0n) is 11.3. The average molecular weight is 298 g/mol. The number of nitrogens with two attached hydrogens (primary N) is 1. The topological polar surface area (TPSA) is 64.3 Å². The fourth-order valence-electron chi connectivity index (χ4n) is 2.46. The van der Waals surface area contributed by atoms with E-state index >= 15 is 0 Å². The van der Waals surface area contributed by atoms with E-state index in [-0.39, 0.29) is 30.2 Å². The van der Waals surface area contributed by atoms with Crippen LogP contribution in [0.2, 0.25) is 0 Å². The van der Waals surface area contributed by atoms with Crippen LogP contribution in [0.5, 0.6) is 0 Å². The summed E-state index contributed by atoms with van der Waals surface area (Å²) in [6.45, 7) is 2.70. The predicted octanol–water partition coefficient (Wildman–Crippen LogP) is 1.77. The number of benzene rings is 1. The van der Waals surface area contributed by atoms with E-state index in [0.29, 0.717) is 13.2 Å². The van der Waals surface area contributed by atoms with E-state index in [1.165, 1.54) is 11.8 Å². The maximum Gasteiger partial charge on any atom is 0.186 e. The summed E-state index contributed by atoms with van der Waals surface area (Å²) in [5, 5.41) is -0.424. The normalized spacial score (nSPS) is 15.7. The number of hydrogen-bond donors (Lipinski definition) is 1. The van der Waals surface area contributed by atoms with Crippen LogP contribution in [-0.2, 0) is 4.74 Å². The van der Waals surface area contributed by atoms with Gasteiger partial charge in [0.1, 0.15) is 22.8 Å². The zero-order valence-corrected chi connectivity index (χ0v) is 11.3. The summed E-state index contributed by atoms with van der Waals surface area (Å²) in [5.74, 6) is -3.52. The smallest absolute Gasteiger partial charge is 0.186 e. The van der Waals surface area contributed by atoms with Crippen LogP contribution in [0.3, 0.4) is 0 Å². The molecule has 0 atom stereocenters. The van der Waals surface area contributed by atoms with E-state index < -0.39 is 28.5 Å². The molecule has 3 rings (SSSR count). The van der Waals surface area contributed by atoms with E-state index in [0.717, 1.165) is 0 Å². The van der Waals surface area contributed by atoms with Crippen LogP contribution in [-0.4, -0.2) is 36.3 Å². The van der Waals surface area contributed by atoms with Crippen LogP contribution in [0.25, 0.3) is 10.9 Å². The Bertz CT molecular complexity index is 717. The molecule has 0 saturated carbocycles. The minimum atomic E-state index is -1.28. The molecule has 0 radical (unpaired) electrons. The SMILES string of the molecule is Cc1nc(N)c2c(F)c(F)c(N3CCOCC3)c(F)c2n1. The van der Waals surface area contributed by atoms with Gasteiger partial charge in [0.05, 0.1) is 18.6 Å². The van der Waals surface area contributed by atoms with E-state index in [9.17, 15) is 13.2 Å². The van der Waals surface area contributed by atoms with Crippen molar-refractivity contribution in [2.75, 3.05) is 36.9 Å². The maximum absolute atomic E-state index is 14.6. The highest BCUT2D eigenvalue weighted by Crippen LogP contribution is 2.34. The molecule has 0 bridgehead atoms. The molecule has 0 spiro atoms. The Morgan fingerprint density at radius 3 is 2.38 bits per heavy atom. The third-order valence-corrected chi connectivity index (χ3v) is 3.41. The number of nitrogens with zero attached hydrogens (tertiary/aromatic N) is 3. The van der Waals surface area contributed by atoms with Crippen LogP contribution < -0.4 is 10.6 Å². The molecule has 0 unspecified atom stereocenters. The molecule has 1 fully saturated rings. The van der Waals surface area contributed by atoms with Crippen molar-refractivity contribution in [3.05, 3.63) is 23.3 Å². The fourth-order valence-corrected chi connectivity index (χ4v) is 2.46. The monoisotopic (exact) mass is 298 g/mol. The molecular weight excluding hydrogens is 285 g/mol. The molecule has 8 heteroatoms. The number of nitrogen functional groups attached to an aromatic ring is 1. The van der Waals surface area contributed by atoms with Crippen LogP contribution in [0.15, 0.2) is 0 Å². The second-order valence-electron chi connectivity index (χ2n) is 4.77. The number of ether oxygens (including phenoxy) is 1. The maximum atomic E-state index is 14.6. The number of rotatable bonds is 1. The minimum Gasteiger partial charge on any atom is -0.383 e. The third-order valence-electron chi connectivity index (χ3n) is 3.41. The van der Waals surface area contributed by atoms with Crippen molar-refractivity contribution in [3.8, 4) is 0 Å². The molecule has 2 aromatic rings. The number of hydrogen-bond acceptors (Lipinski definition) is 5. The largest absolute Gasteiger partial charge is 0.383 e. The van der Waals surface area contributed by atoms with Gasteiger partial charge in [-0.15, -0.1) is 0 Å². The number of halogens is 3. The lowest BCUT2D eigenvalue weighted by atomic mass is 10.1. The van der Waals surface area contributed by atoms with Crippen molar-refractivity contribution in [3.63, 3.8) is 0 Å². The van der Waals surface area contributed by atoms with Gasteiger partial charge in [-0.3, -0.25) is 0 Å². The number of morpholine rings is 1. The fraction of sp³-hybridized carbons (Fsp3) is 0.385.